The van der Waals surface area contributed by atoms with E-state index in [0.29, 0.717) is 0 Å². The Labute approximate surface area is 88.6 Å². The van der Waals surface area contributed by atoms with E-state index in [9.17, 15) is 0 Å². The summed E-state index contributed by atoms with van der Waals surface area (Å²) in [4.78, 5) is 4.18. The Morgan fingerprint density at radius 3 is 2.87 bits per heavy atom. The molecule has 1 aromatic heterocycles. The van der Waals surface area contributed by atoms with Crippen LogP contribution < -0.4 is 4.74 Å². The number of rotatable bonds is 3. The van der Waals surface area contributed by atoms with E-state index in [2.05, 4.69) is 11.6 Å². The molecule has 0 aliphatic rings. The zero-order valence-corrected chi connectivity index (χ0v) is 8.55. The van der Waals surface area contributed by atoms with E-state index < -0.39 is 0 Å². The molecule has 2 rings (SSSR count). The first-order chi connectivity index (χ1) is 7.31. The zero-order valence-electron chi connectivity index (χ0n) is 8.55. The third kappa shape index (κ3) is 1.91. The van der Waals surface area contributed by atoms with Crippen LogP contribution in [0.3, 0.4) is 0 Å². The number of benzene rings is 1. The van der Waals surface area contributed by atoms with Crippen LogP contribution in [0.15, 0.2) is 49.6 Å². The summed E-state index contributed by atoms with van der Waals surface area (Å²) >= 11 is 0. The van der Waals surface area contributed by atoms with Crippen LogP contribution in [0.4, 0.5) is 0 Å². The number of nitrogens with zero attached hydrogens (tertiary/aromatic N) is 2. The Morgan fingerprint density at radius 2 is 2.20 bits per heavy atom. The first-order valence-electron chi connectivity index (χ1n) is 4.69. The lowest BCUT2D eigenvalue weighted by Crippen LogP contribution is -1.93. The topological polar surface area (TPSA) is 27.1 Å². The van der Waals surface area contributed by atoms with E-state index in [4.69, 9.17) is 4.74 Å². The standard InChI is InChI=1S/C12H12N2O/c1-3-15-12-7-5-4-6-11(12)14-8-10(2)13-9-14/h3-9H,1H2,2H3. The predicted octanol–water partition coefficient (Wildman–Crippen LogP) is 2.70. The molecule has 3 nitrogen and oxygen atoms in total. The lowest BCUT2D eigenvalue weighted by atomic mass is 10.3. The Morgan fingerprint density at radius 1 is 1.40 bits per heavy atom. The zero-order chi connectivity index (χ0) is 10.7. The maximum absolute atomic E-state index is 5.32. The average molecular weight is 200 g/mol. The van der Waals surface area contributed by atoms with Gasteiger partial charge in [0.15, 0.2) is 0 Å². The minimum atomic E-state index is 0.768. The molecule has 0 fully saturated rings. The smallest absolute Gasteiger partial charge is 0.150 e. The van der Waals surface area contributed by atoms with Crippen molar-refractivity contribution in [3.63, 3.8) is 0 Å². The van der Waals surface area contributed by atoms with Gasteiger partial charge >= 0.3 is 0 Å². The van der Waals surface area contributed by atoms with Crippen LogP contribution in [-0.4, -0.2) is 9.55 Å². The molecule has 0 bridgehead atoms. The molecule has 3 heteroatoms. The summed E-state index contributed by atoms with van der Waals surface area (Å²) in [6.45, 7) is 5.50. The SMILES string of the molecule is C=COc1ccccc1-n1cnc(C)c1. The Balaban J connectivity index is 2.47. The fourth-order valence-electron chi connectivity index (χ4n) is 1.41. The molecule has 0 atom stereocenters. The molecule has 0 aliphatic carbocycles. The van der Waals surface area contributed by atoms with Gasteiger partial charge in [-0.1, -0.05) is 18.7 Å². The number of ether oxygens (including phenoxy) is 1. The van der Waals surface area contributed by atoms with Crippen LogP contribution in [0, 0.1) is 6.92 Å². The van der Waals surface area contributed by atoms with Crippen molar-refractivity contribution >= 4 is 0 Å². The second kappa shape index (κ2) is 4.00. The van der Waals surface area contributed by atoms with Crippen LogP contribution in [0.25, 0.3) is 5.69 Å². The molecule has 0 spiro atoms. The predicted molar refractivity (Wildman–Crippen MR) is 59.1 cm³/mol. The molecule has 0 unspecified atom stereocenters. The molecule has 1 heterocycles. The molecule has 0 saturated heterocycles. The molecular formula is C12H12N2O. The molecular weight excluding hydrogens is 188 g/mol. The van der Waals surface area contributed by atoms with Gasteiger partial charge in [-0.2, -0.15) is 0 Å². The van der Waals surface area contributed by atoms with Crippen molar-refractivity contribution in [2.75, 3.05) is 0 Å². The van der Waals surface area contributed by atoms with Crippen LogP contribution in [0.5, 0.6) is 5.75 Å². The van der Waals surface area contributed by atoms with Gasteiger partial charge in [0.05, 0.1) is 24.0 Å². The normalized spacial score (nSPS) is 9.93. The van der Waals surface area contributed by atoms with Crippen LogP contribution >= 0.6 is 0 Å². The van der Waals surface area contributed by atoms with Crippen molar-refractivity contribution in [1.29, 1.82) is 0 Å². The third-order valence-electron chi connectivity index (χ3n) is 2.07. The second-order valence-corrected chi connectivity index (χ2v) is 3.17. The van der Waals surface area contributed by atoms with Crippen LogP contribution in [0.2, 0.25) is 0 Å². The van der Waals surface area contributed by atoms with Gasteiger partial charge in [0.2, 0.25) is 0 Å². The largest absolute Gasteiger partial charge is 0.463 e. The molecule has 0 N–H and O–H groups in total. The van der Waals surface area contributed by atoms with Crippen molar-refractivity contribution in [2.24, 2.45) is 0 Å². The molecule has 0 amide bonds. The van der Waals surface area contributed by atoms with Crippen molar-refractivity contribution < 1.29 is 4.74 Å². The first kappa shape index (κ1) is 9.52. The first-order valence-corrected chi connectivity index (χ1v) is 4.69. The quantitative estimate of drug-likeness (QED) is 0.712. The third-order valence-corrected chi connectivity index (χ3v) is 2.07. The lowest BCUT2D eigenvalue weighted by molar-refractivity contribution is 0.480. The molecule has 0 radical (unpaired) electrons. The van der Waals surface area contributed by atoms with Crippen LogP contribution in [-0.2, 0) is 0 Å². The average Bonchev–Trinajstić information content (AvgIpc) is 2.66. The fourth-order valence-corrected chi connectivity index (χ4v) is 1.41. The van der Waals surface area contributed by atoms with E-state index in [1.807, 2.05) is 42.0 Å². The summed E-state index contributed by atoms with van der Waals surface area (Å²) in [5, 5.41) is 0. The minimum Gasteiger partial charge on any atom is -0.463 e. The monoisotopic (exact) mass is 200 g/mol. The molecule has 76 valence electrons. The molecule has 0 aliphatic heterocycles. The van der Waals surface area contributed by atoms with Gasteiger partial charge in [0.25, 0.3) is 0 Å². The Kier molecular flexibility index (Phi) is 2.54. The highest BCUT2D eigenvalue weighted by Crippen LogP contribution is 2.22. The van der Waals surface area contributed by atoms with Crippen molar-refractivity contribution in [1.82, 2.24) is 9.55 Å². The minimum absolute atomic E-state index is 0.768. The van der Waals surface area contributed by atoms with Gasteiger partial charge in [0.1, 0.15) is 5.75 Å². The lowest BCUT2D eigenvalue weighted by Gasteiger charge is -2.07. The van der Waals surface area contributed by atoms with Gasteiger partial charge in [0, 0.05) is 6.20 Å². The molecule has 15 heavy (non-hydrogen) atoms. The van der Waals surface area contributed by atoms with Crippen molar-refractivity contribution in [3.05, 3.63) is 55.3 Å². The number of aromatic nitrogens is 2. The van der Waals surface area contributed by atoms with E-state index in [-0.39, 0.29) is 0 Å². The maximum atomic E-state index is 5.32. The summed E-state index contributed by atoms with van der Waals surface area (Å²) in [5.41, 5.74) is 1.93. The Bertz CT molecular complexity index is 474. The summed E-state index contributed by atoms with van der Waals surface area (Å²) in [7, 11) is 0. The maximum Gasteiger partial charge on any atom is 0.150 e. The number of aryl methyl sites for hydroxylation is 1. The Hall–Kier alpha value is -2.03. The number of hydrogen-bond acceptors (Lipinski definition) is 2. The van der Waals surface area contributed by atoms with E-state index in [1.54, 1.807) is 6.33 Å². The molecule has 2 aromatic rings. The van der Waals surface area contributed by atoms with Crippen LogP contribution in [0.1, 0.15) is 5.69 Å². The number of imidazole rings is 1. The summed E-state index contributed by atoms with van der Waals surface area (Å²) in [6, 6.07) is 7.75. The summed E-state index contributed by atoms with van der Waals surface area (Å²) in [6.07, 6.45) is 5.13. The van der Waals surface area contributed by atoms with E-state index in [0.717, 1.165) is 17.1 Å². The van der Waals surface area contributed by atoms with Gasteiger partial charge < -0.3 is 9.30 Å². The molecule has 0 saturated carbocycles. The highest BCUT2D eigenvalue weighted by molar-refractivity contribution is 5.47. The highest BCUT2D eigenvalue weighted by Gasteiger charge is 2.03. The summed E-state index contributed by atoms with van der Waals surface area (Å²) in [5.74, 6) is 0.768. The fraction of sp³-hybridized carbons (Fsp3) is 0.0833. The van der Waals surface area contributed by atoms with Gasteiger partial charge in [-0.15, -0.1) is 0 Å². The summed E-state index contributed by atoms with van der Waals surface area (Å²) < 4.78 is 7.24. The second-order valence-electron chi connectivity index (χ2n) is 3.17. The number of para-hydroxylation sites is 2. The van der Waals surface area contributed by atoms with Gasteiger partial charge in [-0.05, 0) is 19.1 Å². The number of hydrogen-bond donors (Lipinski definition) is 0. The van der Waals surface area contributed by atoms with Crippen molar-refractivity contribution in [2.45, 2.75) is 6.92 Å². The molecule has 1 aromatic carbocycles. The highest BCUT2D eigenvalue weighted by atomic mass is 16.5. The van der Waals surface area contributed by atoms with Crippen molar-refractivity contribution in [3.8, 4) is 11.4 Å². The van der Waals surface area contributed by atoms with Gasteiger partial charge in [-0.3, -0.25) is 0 Å². The van der Waals surface area contributed by atoms with E-state index in [1.165, 1.54) is 6.26 Å². The van der Waals surface area contributed by atoms with Gasteiger partial charge in [-0.25, -0.2) is 4.98 Å². The van der Waals surface area contributed by atoms with E-state index >= 15 is 0 Å².